The highest BCUT2D eigenvalue weighted by molar-refractivity contribution is 6.43. The molecule has 1 N–H and O–H groups in total. The summed E-state index contributed by atoms with van der Waals surface area (Å²) in [6.45, 7) is 5.58. The lowest BCUT2D eigenvalue weighted by atomic mass is 10.2. The number of anilines is 1. The van der Waals surface area contributed by atoms with Crippen molar-refractivity contribution in [2.24, 2.45) is 0 Å². The summed E-state index contributed by atoms with van der Waals surface area (Å²) in [4.78, 5) is 16.4. The number of rotatable bonds is 7. The van der Waals surface area contributed by atoms with E-state index in [2.05, 4.69) is 15.1 Å². The van der Waals surface area contributed by atoms with Gasteiger partial charge in [0.05, 0.1) is 15.7 Å². The van der Waals surface area contributed by atoms with E-state index in [1.807, 2.05) is 48.5 Å². The molecule has 0 unspecified atom stereocenters. The number of ether oxygens (including phenoxy) is 1. The third kappa shape index (κ3) is 6.03. The SMILES string of the molecule is O=C(NCCCN1CCN(c2cccc(Cl)c2Cl)CC1)OCc1ccccc1. The predicted octanol–water partition coefficient (Wildman–Crippen LogP) is 4.43. The smallest absolute Gasteiger partial charge is 0.407 e. The zero-order valence-corrected chi connectivity index (χ0v) is 17.3. The molecule has 5 nitrogen and oxygen atoms in total. The van der Waals surface area contributed by atoms with Crippen molar-refractivity contribution in [1.29, 1.82) is 0 Å². The maximum atomic E-state index is 11.7. The Bertz CT molecular complexity index is 766. The Labute approximate surface area is 176 Å². The molecular formula is C21H25Cl2N3O2. The molecule has 1 saturated heterocycles. The van der Waals surface area contributed by atoms with E-state index in [-0.39, 0.29) is 6.09 Å². The van der Waals surface area contributed by atoms with E-state index in [0.29, 0.717) is 23.2 Å². The highest BCUT2D eigenvalue weighted by Gasteiger charge is 2.19. The third-order valence-corrected chi connectivity index (χ3v) is 5.59. The molecule has 3 rings (SSSR count). The Balaban J connectivity index is 1.30. The van der Waals surface area contributed by atoms with E-state index in [4.69, 9.17) is 27.9 Å². The molecule has 7 heteroatoms. The molecular weight excluding hydrogens is 397 g/mol. The summed E-state index contributed by atoms with van der Waals surface area (Å²) in [6.07, 6.45) is 0.516. The molecule has 1 aliphatic heterocycles. The van der Waals surface area contributed by atoms with Crippen LogP contribution in [0, 0.1) is 0 Å². The van der Waals surface area contributed by atoms with Crippen molar-refractivity contribution in [3.63, 3.8) is 0 Å². The van der Waals surface area contributed by atoms with E-state index in [1.54, 1.807) is 0 Å². The van der Waals surface area contributed by atoms with Crippen molar-refractivity contribution in [2.45, 2.75) is 13.0 Å². The van der Waals surface area contributed by atoms with Gasteiger partial charge in [-0.15, -0.1) is 0 Å². The van der Waals surface area contributed by atoms with Gasteiger partial charge in [-0.3, -0.25) is 4.90 Å². The lowest BCUT2D eigenvalue weighted by Crippen LogP contribution is -2.47. The first-order valence-electron chi connectivity index (χ1n) is 9.49. The molecule has 0 aliphatic carbocycles. The van der Waals surface area contributed by atoms with Crippen LogP contribution in [0.5, 0.6) is 0 Å². The summed E-state index contributed by atoms with van der Waals surface area (Å²) in [7, 11) is 0. The zero-order valence-electron chi connectivity index (χ0n) is 15.7. The summed E-state index contributed by atoms with van der Waals surface area (Å²) in [6, 6.07) is 15.4. The molecule has 2 aromatic carbocycles. The van der Waals surface area contributed by atoms with Crippen LogP contribution in [-0.4, -0.2) is 50.3 Å². The van der Waals surface area contributed by atoms with E-state index in [0.717, 1.165) is 50.4 Å². The van der Waals surface area contributed by atoms with Gasteiger partial charge in [-0.25, -0.2) is 4.79 Å². The van der Waals surface area contributed by atoms with Crippen LogP contribution in [0.15, 0.2) is 48.5 Å². The number of carbonyl (C=O) groups excluding carboxylic acids is 1. The van der Waals surface area contributed by atoms with Gasteiger partial charge in [-0.1, -0.05) is 59.6 Å². The van der Waals surface area contributed by atoms with Gasteiger partial charge in [0.1, 0.15) is 6.61 Å². The fraction of sp³-hybridized carbons (Fsp3) is 0.381. The normalized spacial score (nSPS) is 14.7. The average Bonchev–Trinajstić information content (AvgIpc) is 2.73. The van der Waals surface area contributed by atoms with Gasteiger partial charge in [0.15, 0.2) is 0 Å². The molecule has 1 aliphatic rings. The Kier molecular flexibility index (Phi) is 7.83. The summed E-state index contributed by atoms with van der Waals surface area (Å²) in [5.74, 6) is 0. The van der Waals surface area contributed by atoms with E-state index in [9.17, 15) is 4.79 Å². The van der Waals surface area contributed by atoms with Gasteiger partial charge in [-0.2, -0.15) is 0 Å². The molecule has 0 saturated carbocycles. The fourth-order valence-corrected chi connectivity index (χ4v) is 3.63. The maximum Gasteiger partial charge on any atom is 0.407 e. The van der Waals surface area contributed by atoms with Crippen LogP contribution in [-0.2, 0) is 11.3 Å². The lowest BCUT2D eigenvalue weighted by Gasteiger charge is -2.36. The van der Waals surface area contributed by atoms with Crippen molar-refractivity contribution >= 4 is 35.0 Å². The standard InChI is InChI=1S/C21H25Cl2N3O2/c22-18-8-4-9-19(20(18)23)26-14-12-25(13-15-26)11-5-10-24-21(27)28-16-17-6-2-1-3-7-17/h1-4,6-9H,5,10-16H2,(H,24,27). The summed E-state index contributed by atoms with van der Waals surface area (Å²) < 4.78 is 5.21. The van der Waals surface area contributed by atoms with E-state index >= 15 is 0 Å². The second kappa shape index (κ2) is 10.6. The number of piperazine rings is 1. The van der Waals surface area contributed by atoms with Crippen LogP contribution in [0.2, 0.25) is 10.0 Å². The molecule has 0 aromatic heterocycles. The van der Waals surface area contributed by atoms with Crippen LogP contribution in [0.1, 0.15) is 12.0 Å². The number of alkyl carbamates (subject to hydrolysis) is 1. The topological polar surface area (TPSA) is 44.8 Å². The predicted molar refractivity (Wildman–Crippen MR) is 114 cm³/mol. The van der Waals surface area contributed by atoms with Crippen LogP contribution < -0.4 is 10.2 Å². The number of nitrogens with one attached hydrogen (secondary N) is 1. The number of hydrogen-bond donors (Lipinski definition) is 1. The van der Waals surface area contributed by atoms with Gasteiger partial charge >= 0.3 is 6.09 Å². The number of hydrogen-bond acceptors (Lipinski definition) is 4. The minimum atomic E-state index is -0.371. The average molecular weight is 422 g/mol. The maximum absolute atomic E-state index is 11.7. The number of halogens is 2. The quantitative estimate of drug-likeness (QED) is 0.671. The molecule has 0 bridgehead atoms. The van der Waals surface area contributed by atoms with E-state index < -0.39 is 0 Å². The van der Waals surface area contributed by atoms with Gasteiger partial charge in [0.25, 0.3) is 0 Å². The number of nitrogens with zero attached hydrogens (tertiary/aromatic N) is 2. The molecule has 1 heterocycles. The van der Waals surface area contributed by atoms with Crippen LogP contribution in [0.25, 0.3) is 0 Å². The summed E-state index contributed by atoms with van der Waals surface area (Å²) in [5.41, 5.74) is 1.98. The largest absolute Gasteiger partial charge is 0.445 e. The van der Waals surface area contributed by atoms with Crippen LogP contribution in [0.4, 0.5) is 10.5 Å². The van der Waals surface area contributed by atoms with Crippen molar-refractivity contribution in [1.82, 2.24) is 10.2 Å². The molecule has 0 radical (unpaired) electrons. The monoisotopic (exact) mass is 421 g/mol. The van der Waals surface area contributed by atoms with Gasteiger partial charge in [-0.05, 0) is 30.7 Å². The Morgan fingerprint density at radius 1 is 1.00 bits per heavy atom. The van der Waals surface area contributed by atoms with Crippen molar-refractivity contribution in [3.8, 4) is 0 Å². The number of carbonyl (C=O) groups is 1. The van der Waals surface area contributed by atoms with Crippen LogP contribution in [0.3, 0.4) is 0 Å². The molecule has 0 atom stereocenters. The minimum Gasteiger partial charge on any atom is -0.445 e. The summed E-state index contributed by atoms with van der Waals surface area (Å²) in [5, 5.41) is 4.02. The first-order valence-corrected chi connectivity index (χ1v) is 10.2. The van der Waals surface area contributed by atoms with Crippen molar-refractivity contribution < 1.29 is 9.53 Å². The lowest BCUT2D eigenvalue weighted by molar-refractivity contribution is 0.139. The van der Waals surface area contributed by atoms with Gasteiger partial charge in [0, 0.05) is 32.7 Å². The first-order chi connectivity index (χ1) is 13.6. The highest BCUT2D eigenvalue weighted by atomic mass is 35.5. The van der Waals surface area contributed by atoms with Crippen molar-refractivity contribution in [2.75, 3.05) is 44.2 Å². The zero-order chi connectivity index (χ0) is 19.8. The second-order valence-electron chi connectivity index (χ2n) is 6.74. The molecule has 1 amide bonds. The Morgan fingerprint density at radius 3 is 2.50 bits per heavy atom. The van der Waals surface area contributed by atoms with Gasteiger partial charge < -0.3 is 15.0 Å². The van der Waals surface area contributed by atoms with Gasteiger partial charge in [0.2, 0.25) is 0 Å². The first kappa shape index (κ1) is 20.8. The third-order valence-electron chi connectivity index (χ3n) is 4.78. The molecule has 150 valence electrons. The van der Waals surface area contributed by atoms with Crippen molar-refractivity contribution in [3.05, 3.63) is 64.1 Å². The molecule has 0 spiro atoms. The second-order valence-corrected chi connectivity index (χ2v) is 7.53. The summed E-state index contributed by atoms with van der Waals surface area (Å²) >= 11 is 12.4. The Morgan fingerprint density at radius 2 is 1.75 bits per heavy atom. The minimum absolute atomic E-state index is 0.292. The Hall–Kier alpha value is -1.95. The molecule has 1 fully saturated rings. The molecule has 28 heavy (non-hydrogen) atoms. The fourth-order valence-electron chi connectivity index (χ4n) is 3.22. The molecule has 2 aromatic rings. The van der Waals surface area contributed by atoms with Crippen LogP contribution >= 0.6 is 23.2 Å². The highest BCUT2D eigenvalue weighted by Crippen LogP contribution is 2.32. The van der Waals surface area contributed by atoms with E-state index in [1.165, 1.54) is 0 Å². The number of benzene rings is 2. The number of amides is 1.